The van der Waals surface area contributed by atoms with Crippen molar-refractivity contribution in [3.8, 4) is 0 Å². The number of anilines is 1. The van der Waals surface area contributed by atoms with Gasteiger partial charge in [-0.15, -0.1) is 0 Å². The van der Waals surface area contributed by atoms with Crippen LogP contribution in [-0.2, 0) is 22.7 Å². The zero-order valence-corrected chi connectivity index (χ0v) is 16.3. The van der Waals surface area contributed by atoms with Crippen molar-refractivity contribution in [2.75, 3.05) is 4.90 Å². The lowest BCUT2D eigenvalue weighted by atomic mass is 9.85. The van der Waals surface area contributed by atoms with E-state index in [0.717, 1.165) is 16.8 Å². The van der Waals surface area contributed by atoms with Gasteiger partial charge in [-0.3, -0.25) is 4.79 Å². The van der Waals surface area contributed by atoms with Crippen molar-refractivity contribution in [2.24, 2.45) is 5.92 Å². The largest absolute Gasteiger partial charge is 0.459 e. The van der Waals surface area contributed by atoms with Crippen LogP contribution < -0.4 is 4.90 Å². The van der Waals surface area contributed by atoms with Crippen LogP contribution >= 0.6 is 0 Å². The Morgan fingerprint density at radius 3 is 2.14 bits per heavy atom. The van der Waals surface area contributed by atoms with Gasteiger partial charge in [0.05, 0.1) is 5.92 Å². The number of para-hydroxylation sites is 1. The molecule has 0 radical (unpaired) electrons. The van der Waals surface area contributed by atoms with Gasteiger partial charge >= 0.3 is 5.97 Å². The van der Waals surface area contributed by atoms with Gasteiger partial charge in [-0.05, 0) is 23.3 Å². The van der Waals surface area contributed by atoms with Crippen LogP contribution in [0.15, 0.2) is 84.9 Å². The minimum atomic E-state index is -0.665. The van der Waals surface area contributed by atoms with Crippen molar-refractivity contribution in [1.82, 2.24) is 0 Å². The molecule has 4 nitrogen and oxygen atoms in total. The molecule has 3 aromatic rings. The number of esters is 1. The summed E-state index contributed by atoms with van der Waals surface area (Å²) in [5.74, 6) is -0.886. The van der Waals surface area contributed by atoms with E-state index >= 15 is 0 Å². The normalized spacial score (nSPS) is 18.2. The van der Waals surface area contributed by atoms with Gasteiger partial charge in [-0.2, -0.15) is 0 Å². The fourth-order valence-corrected chi connectivity index (χ4v) is 3.85. The first-order valence-corrected chi connectivity index (χ1v) is 9.79. The lowest BCUT2D eigenvalue weighted by Gasteiger charge is -2.40. The van der Waals surface area contributed by atoms with Crippen LogP contribution in [-0.4, -0.2) is 17.8 Å². The van der Waals surface area contributed by atoms with Crippen molar-refractivity contribution in [1.29, 1.82) is 0 Å². The van der Waals surface area contributed by atoms with E-state index in [4.69, 9.17) is 4.74 Å². The monoisotopic (exact) mass is 385 g/mol. The number of ketones is 1. The van der Waals surface area contributed by atoms with Crippen LogP contribution in [0.3, 0.4) is 0 Å². The molecule has 0 bridgehead atoms. The third-order valence-corrected chi connectivity index (χ3v) is 5.36. The third-order valence-electron chi connectivity index (χ3n) is 5.36. The number of hydrogen-bond acceptors (Lipinski definition) is 4. The number of benzene rings is 3. The molecular formula is C25H23NO3. The highest BCUT2D eigenvalue weighted by Gasteiger charge is 2.42. The summed E-state index contributed by atoms with van der Waals surface area (Å²) in [4.78, 5) is 28.1. The maximum atomic E-state index is 13.1. The van der Waals surface area contributed by atoms with Gasteiger partial charge in [-0.25, -0.2) is 4.79 Å². The Kier molecular flexibility index (Phi) is 5.43. The average Bonchev–Trinajstić information content (AvgIpc) is 2.77. The minimum absolute atomic E-state index is 0.0217. The molecule has 4 heteroatoms. The molecule has 0 spiro atoms. The molecular weight excluding hydrogens is 362 g/mol. The first kappa shape index (κ1) is 18.9. The van der Waals surface area contributed by atoms with Crippen molar-refractivity contribution in [3.05, 3.63) is 102 Å². The molecule has 1 aliphatic heterocycles. The number of hydrogen-bond donors (Lipinski definition) is 0. The van der Waals surface area contributed by atoms with E-state index in [2.05, 4.69) is 0 Å². The average molecular weight is 385 g/mol. The van der Waals surface area contributed by atoms with Gasteiger partial charge in [0, 0.05) is 17.8 Å². The van der Waals surface area contributed by atoms with E-state index in [9.17, 15) is 9.59 Å². The van der Waals surface area contributed by atoms with Gasteiger partial charge < -0.3 is 9.64 Å². The highest BCUT2D eigenvalue weighted by molar-refractivity contribution is 6.08. The van der Waals surface area contributed by atoms with E-state index in [0.29, 0.717) is 12.1 Å². The molecule has 0 aromatic heterocycles. The number of carbonyl (C=O) groups excluding carboxylic acids is 2. The van der Waals surface area contributed by atoms with E-state index in [-0.39, 0.29) is 18.4 Å². The molecule has 0 saturated heterocycles. The molecule has 146 valence electrons. The van der Waals surface area contributed by atoms with Crippen molar-refractivity contribution < 1.29 is 14.3 Å². The molecule has 0 N–H and O–H groups in total. The first-order valence-electron chi connectivity index (χ1n) is 9.79. The SMILES string of the molecule is CC1C(=O)c2ccccc2N(Cc2ccccc2)C1C(=O)OCc1ccccc1. The van der Waals surface area contributed by atoms with Crippen LogP contribution in [0.4, 0.5) is 5.69 Å². The van der Waals surface area contributed by atoms with Crippen molar-refractivity contribution in [2.45, 2.75) is 26.1 Å². The zero-order chi connectivity index (χ0) is 20.2. The van der Waals surface area contributed by atoms with Crippen molar-refractivity contribution >= 4 is 17.4 Å². The van der Waals surface area contributed by atoms with Crippen LogP contribution in [0.1, 0.15) is 28.4 Å². The lowest BCUT2D eigenvalue weighted by Crippen LogP contribution is -2.52. The molecule has 29 heavy (non-hydrogen) atoms. The Morgan fingerprint density at radius 2 is 1.45 bits per heavy atom. The summed E-state index contributed by atoms with van der Waals surface area (Å²) >= 11 is 0. The molecule has 0 fully saturated rings. The highest BCUT2D eigenvalue weighted by atomic mass is 16.5. The van der Waals surface area contributed by atoms with Crippen molar-refractivity contribution in [3.63, 3.8) is 0 Å². The van der Waals surface area contributed by atoms with Gasteiger partial charge in [0.25, 0.3) is 0 Å². The zero-order valence-electron chi connectivity index (χ0n) is 16.3. The number of Topliss-reactive ketones (excluding diaryl/α,β-unsaturated/α-hetero) is 1. The Labute approximate surface area is 170 Å². The fourth-order valence-electron chi connectivity index (χ4n) is 3.85. The molecule has 4 rings (SSSR count). The number of carbonyl (C=O) groups is 2. The van der Waals surface area contributed by atoms with Crippen LogP contribution in [0.25, 0.3) is 0 Å². The van der Waals surface area contributed by atoms with Crippen LogP contribution in [0.2, 0.25) is 0 Å². The van der Waals surface area contributed by atoms with Gasteiger partial charge in [0.15, 0.2) is 5.78 Å². The van der Waals surface area contributed by atoms with E-state index in [1.54, 1.807) is 0 Å². The quantitative estimate of drug-likeness (QED) is 0.601. The highest BCUT2D eigenvalue weighted by Crippen LogP contribution is 2.35. The molecule has 0 saturated carbocycles. The molecule has 2 atom stereocenters. The van der Waals surface area contributed by atoms with E-state index in [1.807, 2.05) is 96.8 Å². The second kappa shape index (κ2) is 8.31. The fraction of sp³-hybridized carbons (Fsp3) is 0.200. The second-order valence-corrected chi connectivity index (χ2v) is 7.32. The molecule has 1 heterocycles. The molecule has 3 aromatic carbocycles. The predicted molar refractivity (Wildman–Crippen MR) is 113 cm³/mol. The molecule has 1 aliphatic rings. The number of fused-ring (bicyclic) bond motifs is 1. The minimum Gasteiger partial charge on any atom is -0.459 e. The Balaban J connectivity index is 1.65. The first-order chi connectivity index (χ1) is 14.1. The molecule has 0 amide bonds. The van der Waals surface area contributed by atoms with Crippen LogP contribution in [0, 0.1) is 5.92 Å². The molecule has 2 unspecified atom stereocenters. The summed E-state index contributed by atoms with van der Waals surface area (Å²) in [5.41, 5.74) is 3.43. The van der Waals surface area contributed by atoms with Gasteiger partial charge in [0.1, 0.15) is 12.6 Å². The Morgan fingerprint density at radius 1 is 0.862 bits per heavy atom. The van der Waals surface area contributed by atoms with E-state index in [1.165, 1.54) is 0 Å². The smallest absolute Gasteiger partial charge is 0.329 e. The summed E-state index contributed by atoms with van der Waals surface area (Å²) in [6, 6.07) is 26.4. The third kappa shape index (κ3) is 3.92. The van der Waals surface area contributed by atoms with E-state index < -0.39 is 12.0 Å². The number of nitrogens with zero attached hydrogens (tertiary/aromatic N) is 1. The summed E-state index contributed by atoms with van der Waals surface area (Å²) in [5, 5.41) is 0. The Bertz CT molecular complexity index is 1000. The topological polar surface area (TPSA) is 46.6 Å². The number of rotatable bonds is 5. The molecule has 0 aliphatic carbocycles. The van der Waals surface area contributed by atoms with Gasteiger partial charge in [0.2, 0.25) is 0 Å². The number of ether oxygens (including phenoxy) is 1. The van der Waals surface area contributed by atoms with Crippen LogP contribution in [0.5, 0.6) is 0 Å². The maximum Gasteiger partial charge on any atom is 0.329 e. The summed E-state index contributed by atoms with van der Waals surface area (Å²) < 4.78 is 5.64. The standard InChI is InChI=1S/C25H23NO3/c1-18-23(25(28)29-17-20-12-6-3-7-13-20)26(16-19-10-4-2-5-11-19)22-15-9-8-14-21(22)24(18)27/h2-15,18,23H,16-17H2,1H3. The predicted octanol–water partition coefficient (Wildman–Crippen LogP) is 4.64. The lowest BCUT2D eigenvalue weighted by molar-refractivity contribution is -0.147. The maximum absolute atomic E-state index is 13.1. The summed E-state index contributed by atoms with van der Waals surface area (Å²) in [7, 11) is 0. The van der Waals surface area contributed by atoms with Gasteiger partial charge in [-0.1, -0.05) is 79.7 Å². The summed E-state index contributed by atoms with van der Waals surface area (Å²) in [6.07, 6.45) is 0. The second-order valence-electron chi connectivity index (χ2n) is 7.32. The summed E-state index contributed by atoms with van der Waals surface area (Å²) in [6.45, 7) is 2.53. The Hall–Kier alpha value is -3.40.